The van der Waals surface area contributed by atoms with Crippen molar-refractivity contribution in [3.63, 3.8) is 0 Å². The van der Waals surface area contributed by atoms with Crippen LogP contribution in [-0.2, 0) is 17.5 Å². The molecule has 1 aliphatic heterocycles. The van der Waals surface area contributed by atoms with Crippen LogP contribution in [0.3, 0.4) is 0 Å². The molecule has 1 aromatic heterocycles. The number of alkyl halides is 3. The molecule has 1 aliphatic rings. The summed E-state index contributed by atoms with van der Waals surface area (Å²) in [5.41, 5.74) is -0.0263. The van der Waals surface area contributed by atoms with Crippen LogP contribution in [0.2, 0.25) is 10.0 Å². The number of hydrogen-bond acceptors (Lipinski definition) is 4. The van der Waals surface area contributed by atoms with Gasteiger partial charge in [0, 0.05) is 28.4 Å². The largest absolute Gasteiger partial charge is 0.481 e. The first-order chi connectivity index (χ1) is 17.1. The highest BCUT2D eigenvalue weighted by molar-refractivity contribution is 6.35. The Hall–Kier alpha value is -2.03. The van der Waals surface area contributed by atoms with Crippen LogP contribution >= 0.6 is 23.2 Å². The molecule has 200 valence electrons. The molecule has 36 heavy (non-hydrogen) atoms. The minimum Gasteiger partial charge on any atom is -0.481 e. The molecule has 0 bridgehead atoms. The maximum absolute atomic E-state index is 13.1. The molecular weight excluding hydrogens is 516 g/mol. The monoisotopic (exact) mass is 548 g/mol. The second-order valence-corrected chi connectivity index (χ2v) is 9.51. The number of hydrogen-bond donors (Lipinski definition) is 2. The molecule has 0 spiro atoms. The van der Waals surface area contributed by atoms with E-state index in [1.807, 2.05) is 0 Å². The molecular formula is C26H33Cl2F3N2O3. The fourth-order valence-corrected chi connectivity index (χ4v) is 4.44. The van der Waals surface area contributed by atoms with E-state index in [2.05, 4.69) is 17.2 Å². The number of fused-ring (bicyclic) bond motifs is 1. The second kappa shape index (κ2) is 15.3. The molecule has 3 rings (SSSR count). The fourth-order valence-electron chi connectivity index (χ4n) is 3.88. The van der Waals surface area contributed by atoms with Crippen molar-refractivity contribution in [2.45, 2.75) is 76.9 Å². The van der Waals surface area contributed by atoms with Gasteiger partial charge in [-0.25, -0.2) is 4.98 Å². The number of pyridine rings is 1. The lowest BCUT2D eigenvalue weighted by atomic mass is 10.0. The van der Waals surface area contributed by atoms with Crippen LogP contribution in [0, 0.1) is 0 Å². The first kappa shape index (κ1) is 30.2. The summed E-state index contributed by atoms with van der Waals surface area (Å²) in [4.78, 5) is 14.6. The molecule has 2 heterocycles. The van der Waals surface area contributed by atoms with E-state index in [-0.39, 0.29) is 28.8 Å². The van der Waals surface area contributed by atoms with Gasteiger partial charge in [0.1, 0.15) is 12.5 Å². The van der Waals surface area contributed by atoms with Gasteiger partial charge in [-0.05, 0) is 36.7 Å². The quantitative estimate of drug-likeness (QED) is 0.264. The van der Waals surface area contributed by atoms with E-state index in [1.165, 1.54) is 44.6 Å². The summed E-state index contributed by atoms with van der Waals surface area (Å²) in [5, 5.41) is 11.9. The minimum absolute atomic E-state index is 0.000789. The van der Waals surface area contributed by atoms with Gasteiger partial charge in [-0.1, -0.05) is 81.1 Å². The van der Waals surface area contributed by atoms with Crippen LogP contribution in [0.5, 0.6) is 5.88 Å². The lowest BCUT2D eigenvalue weighted by molar-refractivity contribution is -0.139. The number of nitrogens with one attached hydrogen (secondary N) is 1. The van der Waals surface area contributed by atoms with Crippen LogP contribution in [0.25, 0.3) is 0 Å². The van der Waals surface area contributed by atoms with Gasteiger partial charge in [-0.15, -0.1) is 0 Å². The zero-order chi connectivity index (χ0) is 26.6. The fraction of sp³-hybridized carbons (Fsp3) is 0.538. The van der Waals surface area contributed by atoms with E-state index in [0.29, 0.717) is 18.0 Å². The van der Waals surface area contributed by atoms with Gasteiger partial charge < -0.3 is 15.2 Å². The molecule has 0 radical (unpaired) electrons. The zero-order valence-corrected chi connectivity index (χ0v) is 21.9. The summed E-state index contributed by atoms with van der Waals surface area (Å²) in [6.07, 6.45) is 6.72. The maximum atomic E-state index is 13.1. The molecule has 0 fully saturated rings. The number of halogens is 5. The number of ether oxygens (including phenoxy) is 1. The number of benzene rings is 1. The Kier molecular flexibility index (Phi) is 12.8. The Labute approximate surface area is 220 Å². The zero-order valence-electron chi connectivity index (χ0n) is 20.3. The molecule has 2 aromatic rings. The highest BCUT2D eigenvalue weighted by Crippen LogP contribution is 2.37. The standard InChI is InChI=1S/C18H26Cl2F3N.C8H7NO3/c1-2-3-4-5-6-7-8-9-10-24-13-15-16(18(21,22)23)11-14(19)12-17(15)20;10-8(11)6-4-12-7-5(6)2-1-3-9-7/h11-12,24H,2-10,13H2,1H3;1-3,6H,4H2,(H,10,11). The van der Waals surface area contributed by atoms with Gasteiger partial charge >= 0.3 is 12.1 Å². The lowest BCUT2D eigenvalue weighted by Crippen LogP contribution is -2.19. The van der Waals surface area contributed by atoms with E-state index in [1.54, 1.807) is 18.3 Å². The smallest absolute Gasteiger partial charge is 0.416 e. The van der Waals surface area contributed by atoms with Crippen molar-refractivity contribution in [2.24, 2.45) is 0 Å². The highest BCUT2D eigenvalue weighted by atomic mass is 35.5. The third-order valence-corrected chi connectivity index (χ3v) is 6.39. The topological polar surface area (TPSA) is 71.5 Å². The highest BCUT2D eigenvalue weighted by Gasteiger charge is 2.34. The average molecular weight is 549 g/mol. The van der Waals surface area contributed by atoms with Crippen LogP contribution in [0.4, 0.5) is 13.2 Å². The molecule has 1 atom stereocenters. The second-order valence-electron chi connectivity index (χ2n) is 8.66. The normalized spacial score (nSPS) is 14.6. The van der Waals surface area contributed by atoms with Gasteiger partial charge in [0.05, 0.1) is 5.56 Å². The van der Waals surface area contributed by atoms with Crippen molar-refractivity contribution < 1.29 is 27.8 Å². The predicted octanol–water partition coefficient (Wildman–Crippen LogP) is 7.88. The van der Waals surface area contributed by atoms with Crippen LogP contribution in [0.15, 0.2) is 30.5 Å². The minimum atomic E-state index is -4.45. The third kappa shape index (κ3) is 9.79. The van der Waals surface area contributed by atoms with Crippen molar-refractivity contribution in [1.82, 2.24) is 10.3 Å². The van der Waals surface area contributed by atoms with E-state index < -0.39 is 23.6 Å². The SMILES string of the molecule is CCCCCCCCCCNCc1c(Cl)cc(Cl)cc1C(F)(F)F.O=C(O)C1COc2ncccc21. The summed E-state index contributed by atoms with van der Waals surface area (Å²) in [6.45, 7) is 3.18. The van der Waals surface area contributed by atoms with Gasteiger partial charge in [-0.2, -0.15) is 13.2 Å². The summed E-state index contributed by atoms with van der Waals surface area (Å²) in [5.74, 6) is -0.958. The van der Waals surface area contributed by atoms with Crippen molar-refractivity contribution in [3.8, 4) is 5.88 Å². The molecule has 5 nitrogen and oxygen atoms in total. The first-order valence-corrected chi connectivity index (χ1v) is 13.0. The molecule has 0 saturated heterocycles. The van der Waals surface area contributed by atoms with Gasteiger partial charge in [0.2, 0.25) is 5.88 Å². The van der Waals surface area contributed by atoms with Gasteiger partial charge in [0.15, 0.2) is 0 Å². The molecule has 10 heteroatoms. The Morgan fingerprint density at radius 1 is 1.14 bits per heavy atom. The van der Waals surface area contributed by atoms with Gasteiger partial charge in [-0.3, -0.25) is 4.79 Å². The Morgan fingerprint density at radius 2 is 1.81 bits per heavy atom. The molecule has 1 unspecified atom stereocenters. The summed E-state index contributed by atoms with van der Waals surface area (Å²) >= 11 is 11.6. The molecule has 1 aromatic carbocycles. The number of rotatable bonds is 12. The molecule has 0 aliphatic carbocycles. The Bertz CT molecular complexity index is 974. The van der Waals surface area contributed by atoms with Crippen molar-refractivity contribution in [3.05, 3.63) is 57.2 Å². The van der Waals surface area contributed by atoms with Gasteiger partial charge in [0.25, 0.3) is 0 Å². The Balaban J connectivity index is 0.000000313. The first-order valence-electron chi connectivity index (χ1n) is 12.2. The molecule has 0 amide bonds. The summed E-state index contributed by atoms with van der Waals surface area (Å²) in [6, 6.07) is 5.73. The van der Waals surface area contributed by atoms with E-state index in [9.17, 15) is 18.0 Å². The summed E-state index contributed by atoms with van der Waals surface area (Å²) in [7, 11) is 0. The van der Waals surface area contributed by atoms with E-state index >= 15 is 0 Å². The Morgan fingerprint density at radius 3 is 2.44 bits per heavy atom. The number of nitrogens with zero attached hydrogens (tertiary/aromatic N) is 1. The number of carboxylic acid groups (broad SMARTS) is 1. The van der Waals surface area contributed by atoms with Crippen LogP contribution in [-0.4, -0.2) is 29.2 Å². The lowest BCUT2D eigenvalue weighted by Gasteiger charge is -2.15. The van der Waals surface area contributed by atoms with E-state index in [4.69, 9.17) is 33.0 Å². The molecule has 2 N–H and O–H groups in total. The summed E-state index contributed by atoms with van der Waals surface area (Å²) < 4.78 is 44.3. The van der Waals surface area contributed by atoms with Crippen molar-refractivity contribution >= 4 is 29.2 Å². The van der Waals surface area contributed by atoms with Crippen LogP contribution < -0.4 is 10.1 Å². The number of unbranched alkanes of at least 4 members (excludes halogenated alkanes) is 7. The third-order valence-electron chi connectivity index (χ3n) is 5.84. The number of aromatic nitrogens is 1. The average Bonchev–Trinajstić information content (AvgIpc) is 3.25. The number of carboxylic acids is 1. The number of aliphatic carboxylic acids is 1. The number of carbonyl (C=O) groups is 1. The van der Waals surface area contributed by atoms with Crippen LogP contribution in [0.1, 0.15) is 80.9 Å². The van der Waals surface area contributed by atoms with E-state index in [0.717, 1.165) is 18.9 Å². The van der Waals surface area contributed by atoms with Crippen molar-refractivity contribution in [2.75, 3.05) is 13.2 Å². The van der Waals surface area contributed by atoms with Crippen molar-refractivity contribution in [1.29, 1.82) is 0 Å². The predicted molar refractivity (Wildman–Crippen MR) is 136 cm³/mol. The molecule has 0 saturated carbocycles. The maximum Gasteiger partial charge on any atom is 0.416 e.